The molecule has 20 heavy (non-hydrogen) atoms. The summed E-state index contributed by atoms with van der Waals surface area (Å²) in [4.78, 5) is 0. The summed E-state index contributed by atoms with van der Waals surface area (Å²) in [5, 5.41) is 6.76. The van der Waals surface area contributed by atoms with Crippen LogP contribution in [0.5, 0.6) is 0 Å². The van der Waals surface area contributed by atoms with Crippen molar-refractivity contribution < 1.29 is 0 Å². The molecule has 1 atom stereocenters. The predicted octanol–water partition coefficient (Wildman–Crippen LogP) is 2.61. The van der Waals surface area contributed by atoms with Crippen LogP contribution in [0.3, 0.4) is 0 Å². The lowest BCUT2D eigenvalue weighted by Crippen LogP contribution is -2.30. The van der Waals surface area contributed by atoms with Crippen LogP contribution < -0.4 is 11.3 Å². The van der Waals surface area contributed by atoms with E-state index < -0.39 is 0 Å². The number of aromatic nitrogens is 2. The highest BCUT2D eigenvalue weighted by atomic mass is 15.3. The Hall–Kier alpha value is -2.17. The molecule has 0 amide bonds. The molecule has 0 saturated heterocycles. The molecule has 0 saturated carbocycles. The standard InChI is InChI=1S/C16H18N4/c1-2-20-15(9-10-18-20)16(19-17)14-8-7-12-5-3-4-6-13(12)11-14/h3-11,16,19H,2,17H2,1H3. The number of aryl methyl sites for hydroxylation is 1. The summed E-state index contributed by atoms with van der Waals surface area (Å²) in [6, 6.07) is 16.7. The fourth-order valence-electron chi connectivity index (χ4n) is 2.59. The van der Waals surface area contributed by atoms with Crippen molar-refractivity contribution in [3.8, 4) is 0 Å². The summed E-state index contributed by atoms with van der Waals surface area (Å²) in [6.45, 7) is 2.90. The molecule has 1 aromatic heterocycles. The smallest absolute Gasteiger partial charge is 0.0878 e. The third kappa shape index (κ3) is 2.19. The van der Waals surface area contributed by atoms with Gasteiger partial charge >= 0.3 is 0 Å². The lowest BCUT2D eigenvalue weighted by atomic mass is 10.00. The number of nitrogens with one attached hydrogen (secondary N) is 1. The summed E-state index contributed by atoms with van der Waals surface area (Å²) in [6.07, 6.45) is 1.81. The van der Waals surface area contributed by atoms with E-state index >= 15 is 0 Å². The van der Waals surface area contributed by atoms with Crippen LogP contribution in [0.15, 0.2) is 54.7 Å². The van der Waals surface area contributed by atoms with Crippen molar-refractivity contribution in [2.24, 2.45) is 5.84 Å². The van der Waals surface area contributed by atoms with Gasteiger partial charge in [-0.15, -0.1) is 0 Å². The number of nitrogens with zero attached hydrogens (tertiary/aromatic N) is 2. The third-order valence-electron chi connectivity index (χ3n) is 3.62. The first kappa shape index (κ1) is 12.8. The topological polar surface area (TPSA) is 55.9 Å². The first-order valence-corrected chi connectivity index (χ1v) is 6.80. The molecule has 0 spiro atoms. The van der Waals surface area contributed by atoms with Gasteiger partial charge in [-0.1, -0.05) is 36.4 Å². The van der Waals surface area contributed by atoms with Gasteiger partial charge < -0.3 is 0 Å². The molecule has 102 valence electrons. The number of fused-ring (bicyclic) bond motifs is 1. The molecule has 4 nitrogen and oxygen atoms in total. The Morgan fingerprint density at radius 2 is 1.95 bits per heavy atom. The highest BCUT2D eigenvalue weighted by molar-refractivity contribution is 5.83. The van der Waals surface area contributed by atoms with E-state index in [1.165, 1.54) is 10.8 Å². The maximum atomic E-state index is 5.77. The predicted molar refractivity (Wildman–Crippen MR) is 81.0 cm³/mol. The summed E-state index contributed by atoms with van der Waals surface area (Å²) < 4.78 is 1.96. The molecular weight excluding hydrogens is 248 g/mol. The Labute approximate surface area is 118 Å². The molecule has 0 aliphatic carbocycles. The Bertz CT molecular complexity index is 717. The largest absolute Gasteiger partial charge is 0.271 e. The number of hydrogen-bond acceptors (Lipinski definition) is 3. The van der Waals surface area contributed by atoms with Crippen LogP contribution in [0.4, 0.5) is 0 Å². The van der Waals surface area contributed by atoms with Crippen molar-refractivity contribution in [1.82, 2.24) is 15.2 Å². The molecule has 0 radical (unpaired) electrons. The van der Waals surface area contributed by atoms with Crippen LogP contribution in [-0.4, -0.2) is 9.78 Å². The van der Waals surface area contributed by atoms with Gasteiger partial charge in [0.25, 0.3) is 0 Å². The van der Waals surface area contributed by atoms with Gasteiger partial charge in [-0.2, -0.15) is 5.10 Å². The second-order valence-electron chi connectivity index (χ2n) is 4.78. The van der Waals surface area contributed by atoms with E-state index in [4.69, 9.17) is 5.84 Å². The lowest BCUT2D eigenvalue weighted by molar-refractivity contribution is 0.544. The van der Waals surface area contributed by atoms with Crippen LogP contribution in [0.25, 0.3) is 10.8 Å². The van der Waals surface area contributed by atoms with Crippen LogP contribution in [0, 0.1) is 0 Å². The Kier molecular flexibility index (Phi) is 3.50. The van der Waals surface area contributed by atoms with Crippen LogP contribution >= 0.6 is 0 Å². The minimum atomic E-state index is -0.0537. The zero-order valence-corrected chi connectivity index (χ0v) is 11.5. The minimum absolute atomic E-state index is 0.0537. The van der Waals surface area contributed by atoms with E-state index in [0.29, 0.717) is 0 Å². The van der Waals surface area contributed by atoms with Crippen molar-refractivity contribution in [2.45, 2.75) is 19.5 Å². The van der Waals surface area contributed by atoms with Crippen molar-refractivity contribution in [2.75, 3.05) is 0 Å². The number of rotatable bonds is 4. The third-order valence-corrected chi connectivity index (χ3v) is 3.62. The molecule has 1 unspecified atom stereocenters. The summed E-state index contributed by atoms with van der Waals surface area (Å²) in [5.74, 6) is 5.77. The van der Waals surface area contributed by atoms with Gasteiger partial charge in [-0.25, -0.2) is 5.43 Å². The van der Waals surface area contributed by atoms with Gasteiger partial charge in [0.2, 0.25) is 0 Å². The maximum absolute atomic E-state index is 5.77. The van der Waals surface area contributed by atoms with Gasteiger partial charge in [0, 0.05) is 12.7 Å². The summed E-state index contributed by atoms with van der Waals surface area (Å²) >= 11 is 0. The van der Waals surface area contributed by atoms with Gasteiger partial charge in [0.1, 0.15) is 0 Å². The van der Waals surface area contributed by atoms with E-state index in [9.17, 15) is 0 Å². The molecule has 4 heteroatoms. The van der Waals surface area contributed by atoms with Crippen LogP contribution in [0.2, 0.25) is 0 Å². The molecule has 3 N–H and O–H groups in total. The highest BCUT2D eigenvalue weighted by Crippen LogP contribution is 2.24. The van der Waals surface area contributed by atoms with Crippen LogP contribution in [0.1, 0.15) is 24.2 Å². The van der Waals surface area contributed by atoms with Gasteiger partial charge in [0.15, 0.2) is 0 Å². The first-order chi connectivity index (χ1) is 9.83. The zero-order chi connectivity index (χ0) is 13.9. The Morgan fingerprint density at radius 1 is 1.15 bits per heavy atom. The highest BCUT2D eigenvalue weighted by Gasteiger charge is 2.16. The van der Waals surface area contributed by atoms with Crippen molar-refractivity contribution in [1.29, 1.82) is 0 Å². The quantitative estimate of drug-likeness (QED) is 0.564. The van der Waals surface area contributed by atoms with E-state index in [1.54, 1.807) is 0 Å². The lowest BCUT2D eigenvalue weighted by Gasteiger charge is -2.18. The molecule has 3 aromatic rings. The zero-order valence-electron chi connectivity index (χ0n) is 11.5. The monoisotopic (exact) mass is 266 g/mol. The van der Waals surface area contributed by atoms with Crippen molar-refractivity contribution in [3.05, 3.63) is 66.0 Å². The molecule has 0 aliphatic rings. The van der Waals surface area contributed by atoms with Crippen molar-refractivity contribution in [3.63, 3.8) is 0 Å². The fourth-order valence-corrected chi connectivity index (χ4v) is 2.59. The van der Waals surface area contributed by atoms with E-state index in [0.717, 1.165) is 17.8 Å². The van der Waals surface area contributed by atoms with Crippen LogP contribution in [-0.2, 0) is 6.54 Å². The van der Waals surface area contributed by atoms with E-state index in [1.807, 2.05) is 29.1 Å². The Balaban J connectivity index is 2.07. The fraction of sp³-hybridized carbons (Fsp3) is 0.188. The minimum Gasteiger partial charge on any atom is -0.271 e. The maximum Gasteiger partial charge on any atom is 0.0878 e. The molecule has 0 aliphatic heterocycles. The molecule has 0 fully saturated rings. The SMILES string of the molecule is CCn1nccc1C(NN)c1ccc2ccccc2c1. The first-order valence-electron chi connectivity index (χ1n) is 6.80. The molecule has 3 rings (SSSR count). The molecule has 1 heterocycles. The molecular formula is C16H18N4. The van der Waals surface area contributed by atoms with E-state index in [2.05, 4.69) is 47.8 Å². The number of hydrogen-bond donors (Lipinski definition) is 2. The number of benzene rings is 2. The average Bonchev–Trinajstić information content (AvgIpc) is 2.96. The van der Waals surface area contributed by atoms with Gasteiger partial charge in [-0.05, 0) is 35.4 Å². The van der Waals surface area contributed by atoms with Gasteiger partial charge in [0.05, 0.1) is 11.7 Å². The van der Waals surface area contributed by atoms with Gasteiger partial charge in [-0.3, -0.25) is 10.5 Å². The number of hydrazine groups is 1. The summed E-state index contributed by atoms with van der Waals surface area (Å²) in [5.41, 5.74) is 5.11. The average molecular weight is 266 g/mol. The Morgan fingerprint density at radius 3 is 2.70 bits per heavy atom. The second kappa shape index (κ2) is 5.45. The summed E-state index contributed by atoms with van der Waals surface area (Å²) in [7, 11) is 0. The second-order valence-corrected chi connectivity index (χ2v) is 4.78. The molecule has 2 aromatic carbocycles. The normalized spacial score (nSPS) is 12.7. The van der Waals surface area contributed by atoms with Crippen molar-refractivity contribution >= 4 is 10.8 Å². The molecule has 0 bridgehead atoms. The van der Waals surface area contributed by atoms with E-state index in [-0.39, 0.29) is 6.04 Å². The number of nitrogens with two attached hydrogens (primary N) is 1.